The molecular formula is C10H14FN3O4. The molecule has 1 unspecified atom stereocenters. The number of hydrogen-bond acceptors (Lipinski definition) is 6. The van der Waals surface area contributed by atoms with Gasteiger partial charge in [0.2, 0.25) is 0 Å². The maximum absolute atomic E-state index is 13.8. The number of aryl methyl sites for hydroxylation is 1. The molecule has 1 aliphatic heterocycles. The summed E-state index contributed by atoms with van der Waals surface area (Å²) in [6, 6.07) is 0. The number of rotatable bonds is 2. The van der Waals surface area contributed by atoms with Crippen LogP contribution in [-0.2, 0) is 4.74 Å². The number of aromatic nitrogens is 2. The molecular weight excluding hydrogens is 245 g/mol. The Morgan fingerprint density at radius 3 is 2.89 bits per heavy atom. The predicted octanol–water partition coefficient (Wildman–Crippen LogP) is -1.28. The van der Waals surface area contributed by atoms with Crippen molar-refractivity contribution < 1.29 is 19.3 Å². The molecule has 8 heteroatoms. The first-order chi connectivity index (χ1) is 8.45. The fourth-order valence-electron chi connectivity index (χ4n) is 1.84. The summed E-state index contributed by atoms with van der Waals surface area (Å²) >= 11 is 0. The van der Waals surface area contributed by atoms with Gasteiger partial charge in [0, 0.05) is 11.8 Å². The molecule has 7 nitrogen and oxygen atoms in total. The van der Waals surface area contributed by atoms with Crippen LogP contribution in [-0.4, -0.2) is 44.8 Å². The Morgan fingerprint density at radius 2 is 2.33 bits per heavy atom. The highest BCUT2D eigenvalue weighted by Crippen LogP contribution is 2.30. The monoisotopic (exact) mass is 259 g/mol. The second kappa shape index (κ2) is 4.63. The summed E-state index contributed by atoms with van der Waals surface area (Å²) in [7, 11) is 0. The van der Waals surface area contributed by atoms with Gasteiger partial charge in [0.25, 0.3) is 0 Å². The maximum Gasteiger partial charge on any atom is 0.351 e. The lowest BCUT2D eigenvalue weighted by Crippen LogP contribution is -2.34. The van der Waals surface area contributed by atoms with Gasteiger partial charge in [-0.25, -0.2) is 9.18 Å². The molecule has 0 bridgehead atoms. The summed E-state index contributed by atoms with van der Waals surface area (Å²) < 4.78 is 19.8. The van der Waals surface area contributed by atoms with Crippen LogP contribution in [0.1, 0.15) is 11.8 Å². The molecule has 100 valence electrons. The summed E-state index contributed by atoms with van der Waals surface area (Å²) in [6.07, 6.45) is -4.35. The molecule has 0 amide bonds. The van der Waals surface area contributed by atoms with Crippen LogP contribution in [0.5, 0.6) is 0 Å². The predicted molar refractivity (Wildman–Crippen MR) is 59.5 cm³/mol. The number of aliphatic hydroxyl groups is 2. The van der Waals surface area contributed by atoms with E-state index in [0.717, 1.165) is 4.57 Å². The normalized spacial score (nSPS) is 31.8. The van der Waals surface area contributed by atoms with Crippen LogP contribution in [0.3, 0.4) is 0 Å². The average molecular weight is 259 g/mol. The van der Waals surface area contributed by atoms with E-state index < -0.39 is 36.9 Å². The van der Waals surface area contributed by atoms with E-state index in [-0.39, 0.29) is 5.82 Å². The van der Waals surface area contributed by atoms with E-state index in [2.05, 4.69) is 4.98 Å². The van der Waals surface area contributed by atoms with Crippen molar-refractivity contribution in [2.45, 2.75) is 31.5 Å². The van der Waals surface area contributed by atoms with Gasteiger partial charge in [0.05, 0.1) is 6.61 Å². The second-order valence-corrected chi connectivity index (χ2v) is 4.18. The van der Waals surface area contributed by atoms with Gasteiger partial charge in [0.1, 0.15) is 18.0 Å². The molecule has 1 fully saturated rings. The van der Waals surface area contributed by atoms with Crippen molar-refractivity contribution in [1.82, 2.24) is 9.55 Å². The standard InChI is InChI=1S/C10H14FN3O4/c1-4-2-14(10(17)13-8(4)12)9-6(11)7(16)5(3-15)18-9/h2,5-7,9,15-16H,3H2,1H3,(H2,12,13,17)/t5-,6-,7?,9-/m1/s1. The van der Waals surface area contributed by atoms with Crippen molar-refractivity contribution in [3.63, 3.8) is 0 Å². The zero-order valence-corrected chi connectivity index (χ0v) is 9.65. The van der Waals surface area contributed by atoms with Gasteiger partial charge in [-0.15, -0.1) is 0 Å². The minimum absolute atomic E-state index is 0.0592. The van der Waals surface area contributed by atoms with E-state index >= 15 is 0 Å². The Kier molecular flexibility index (Phi) is 3.33. The maximum atomic E-state index is 13.8. The van der Waals surface area contributed by atoms with E-state index in [4.69, 9.17) is 15.6 Å². The molecule has 1 aliphatic rings. The van der Waals surface area contributed by atoms with Crippen LogP contribution < -0.4 is 11.4 Å². The molecule has 0 radical (unpaired) electrons. The van der Waals surface area contributed by atoms with Gasteiger partial charge in [-0.2, -0.15) is 4.98 Å². The number of nitrogens with two attached hydrogens (primary N) is 1. The lowest BCUT2D eigenvalue weighted by molar-refractivity contribution is -0.0491. The molecule has 1 saturated heterocycles. The Morgan fingerprint density at radius 1 is 1.67 bits per heavy atom. The lowest BCUT2D eigenvalue weighted by atomic mass is 10.1. The summed E-state index contributed by atoms with van der Waals surface area (Å²) in [5.74, 6) is 0.0592. The number of alkyl halides is 1. The molecule has 2 rings (SSSR count). The molecule has 0 aromatic carbocycles. The van der Waals surface area contributed by atoms with Crippen LogP contribution in [0.4, 0.5) is 10.2 Å². The Balaban J connectivity index is 2.39. The van der Waals surface area contributed by atoms with Crippen LogP contribution in [0.25, 0.3) is 0 Å². The molecule has 0 spiro atoms. The minimum Gasteiger partial charge on any atom is -0.394 e. The van der Waals surface area contributed by atoms with Crippen LogP contribution in [0, 0.1) is 6.92 Å². The van der Waals surface area contributed by atoms with Gasteiger partial charge in [-0.3, -0.25) is 4.57 Å². The van der Waals surface area contributed by atoms with E-state index in [9.17, 15) is 14.3 Å². The van der Waals surface area contributed by atoms with Crippen LogP contribution in [0.2, 0.25) is 0 Å². The first-order valence-corrected chi connectivity index (χ1v) is 5.39. The van der Waals surface area contributed by atoms with Crippen molar-refractivity contribution in [3.8, 4) is 0 Å². The summed E-state index contributed by atoms with van der Waals surface area (Å²) in [5, 5.41) is 18.4. The quantitative estimate of drug-likeness (QED) is 0.610. The van der Waals surface area contributed by atoms with Crippen molar-refractivity contribution in [3.05, 3.63) is 22.2 Å². The third kappa shape index (κ3) is 1.98. The number of nitrogens with zero attached hydrogens (tertiary/aromatic N) is 2. The molecule has 2 heterocycles. The molecule has 0 aliphatic carbocycles. The third-order valence-corrected chi connectivity index (χ3v) is 2.92. The minimum atomic E-state index is -1.82. The van der Waals surface area contributed by atoms with Gasteiger partial charge in [-0.1, -0.05) is 0 Å². The first-order valence-electron chi connectivity index (χ1n) is 5.39. The van der Waals surface area contributed by atoms with Crippen molar-refractivity contribution >= 4 is 5.82 Å². The van der Waals surface area contributed by atoms with Gasteiger partial charge < -0.3 is 20.7 Å². The number of nitrogen functional groups attached to an aromatic ring is 1. The lowest BCUT2D eigenvalue weighted by Gasteiger charge is -2.16. The number of ether oxygens (including phenoxy) is 1. The number of halogens is 1. The Hall–Kier alpha value is -1.51. The smallest absolute Gasteiger partial charge is 0.351 e. The Labute approximate surface area is 102 Å². The van der Waals surface area contributed by atoms with Crippen molar-refractivity contribution in [1.29, 1.82) is 0 Å². The largest absolute Gasteiger partial charge is 0.394 e. The third-order valence-electron chi connectivity index (χ3n) is 2.92. The zero-order valence-electron chi connectivity index (χ0n) is 9.65. The highest BCUT2D eigenvalue weighted by molar-refractivity contribution is 5.35. The molecule has 1 aromatic rings. The summed E-state index contributed by atoms with van der Waals surface area (Å²) in [6.45, 7) is 1.08. The molecule has 4 N–H and O–H groups in total. The molecule has 0 saturated carbocycles. The zero-order chi connectivity index (χ0) is 13.4. The fourth-order valence-corrected chi connectivity index (χ4v) is 1.84. The van der Waals surface area contributed by atoms with Crippen molar-refractivity contribution in [2.24, 2.45) is 0 Å². The second-order valence-electron chi connectivity index (χ2n) is 4.18. The van der Waals surface area contributed by atoms with Crippen LogP contribution >= 0.6 is 0 Å². The van der Waals surface area contributed by atoms with Crippen molar-refractivity contribution in [2.75, 3.05) is 12.3 Å². The molecule has 18 heavy (non-hydrogen) atoms. The Bertz CT molecular complexity index is 506. The number of hydrogen-bond donors (Lipinski definition) is 3. The topological polar surface area (TPSA) is 111 Å². The van der Waals surface area contributed by atoms with Crippen LogP contribution in [0.15, 0.2) is 11.0 Å². The highest BCUT2D eigenvalue weighted by Gasteiger charge is 2.45. The highest BCUT2D eigenvalue weighted by atomic mass is 19.1. The van der Waals surface area contributed by atoms with E-state index in [1.165, 1.54) is 6.20 Å². The summed E-state index contributed by atoms with van der Waals surface area (Å²) in [5.41, 5.74) is 5.18. The fraction of sp³-hybridized carbons (Fsp3) is 0.600. The first kappa shape index (κ1) is 12.9. The van der Waals surface area contributed by atoms with Gasteiger partial charge in [-0.05, 0) is 6.92 Å². The van der Waals surface area contributed by atoms with Gasteiger partial charge in [0.15, 0.2) is 12.4 Å². The van der Waals surface area contributed by atoms with E-state index in [0.29, 0.717) is 5.56 Å². The van der Waals surface area contributed by atoms with E-state index in [1.54, 1.807) is 6.92 Å². The number of anilines is 1. The summed E-state index contributed by atoms with van der Waals surface area (Å²) in [4.78, 5) is 15.1. The number of aliphatic hydroxyl groups excluding tert-OH is 2. The van der Waals surface area contributed by atoms with Gasteiger partial charge >= 0.3 is 5.69 Å². The molecule has 1 aromatic heterocycles. The average Bonchev–Trinajstić information content (AvgIpc) is 2.61. The molecule has 4 atom stereocenters. The van der Waals surface area contributed by atoms with E-state index in [1.807, 2.05) is 0 Å². The SMILES string of the molecule is Cc1cn([C@@H]2O[C@H](CO)C(O)[C@H]2F)c(=O)nc1N.